The Hall–Kier alpha value is -2.89. The van der Waals surface area contributed by atoms with Crippen molar-refractivity contribution in [3.8, 4) is 11.1 Å². The van der Waals surface area contributed by atoms with Crippen molar-refractivity contribution in [2.75, 3.05) is 0 Å². The number of rotatable bonds is 0. The highest BCUT2D eigenvalue weighted by molar-refractivity contribution is 5.97. The standard InChI is InChI=1S/C13H7NO5/c15-5-9-6-2-1-3-7-11(6)8(4-10(9)16)13(18)14(19)12(7)17/h1-5,15,19H/b9-5-. The quantitative estimate of drug-likeness (QED) is 0.530. The van der Waals surface area contributed by atoms with Gasteiger partial charge in [0.25, 0.3) is 11.1 Å². The molecule has 3 rings (SSSR count). The third-order valence-electron chi connectivity index (χ3n) is 3.14. The molecule has 1 aliphatic heterocycles. The molecule has 19 heavy (non-hydrogen) atoms. The smallest absolute Gasteiger partial charge is 0.294 e. The Bertz CT molecular complexity index is 989. The van der Waals surface area contributed by atoms with Crippen LogP contribution in [0.25, 0.3) is 28.2 Å². The highest BCUT2D eigenvalue weighted by Gasteiger charge is 2.20. The first kappa shape index (κ1) is 11.2. The summed E-state index contributed by atoms with van der Waals surface area (Å²) < 4.78 is -0.0150. The summed E-state index contributed by atoms with van der Waals surface area (Å²) in [6.45, 7) is 0. The molecular formula is C13H7NO5. The lowest BCUT2D eigenvalue weighted by atomic mass is 9.95. The van der Waals surface area contributed by atoms with E-state index in [0.29, 0.717) is 11.6 Å². The second kappa shape index (κ2) is 3.55. The number of aliphatic hydroxyl groups excluding tert-OH is 1. The summed E-state index contributed by atoms with van der Waals surface area (Å²) in [4.78, 5) is 35.4. The molecule has 1 aromatic rings. The lowest BCUT2D eigenvalue weighted by Crippen LogP contribution is -2.36. The second-order valence-corrected chi connectivity index (χ2v) is 4.12. The third-order valence-corrected chi connectivity index (χ3v) is 3.14. The van der Waals surface area contributed by atoms with Crippen LogP contribution in [0.3, 0.4) is 0 Å². The van der Waals surface area contributed by atoms with Gasteiger partial charge in [0.1, 0.15) is 0 Å². The monoisotopic (exact) mass is 257 g/mol. The van der Waals surface area contributed by atoms with Gasteiger partial charge < -0.3 is 10.3 Å². The number of hydrogen-bond acceptors (Lipinski definition) is 5. The zero-order chi connectivity index (χ0) is 13.7. The molecule has 0 saturated carbocycles. The highest BCUT2D eigenvalue weighted by Crippen LogP contribution is 2.23. The van der Waals surface area contributed by atoms with Crippen molar-refractivity contribution in [2.45, 2.75) is 0 Å². The van der Waals surface area contributed by atoms with Crippen molar-refractivity contribution >= 4 is 17.0 Å². The summed E-state index contributed by atoms with van der Waals surface area (Å²) in [5.74, 6) is 0. The summed E-state index contributed by atoms with van der Waals surface area (Å²) in [5.41, 5.74) is -2.15. The first-order valence-corrected chi connectivity index (χ1v) is 5.38. The van der Waals surface area contributed by atoms with Crippen LogP contribution in [0.4, 0.5) is 0 Å². The van der Waals surface area contributed by atoms with E-state index in [4.69, 9.17) is 5.11 Å². The minimum atomic E-state index is -0.949. The van der Waals surface area contributed by atoms with Gasteiger partial charge in [0.05, 0.1) is 22.4 Å². The van der Waals surface area contributed by atoms with Crippen molar-refractivity contribution < 1.29 is 10.3 Å². The molecular weight excluding hydrogens is 250 g/mol. The van der Waals surface area contributed by atoms with Gasteiger partial charge in [-0.3, -0.25) is 14.4 Å². The molecule has 2 aliphatic rings. The summed E-state index contributed by atoms with van der Waals surface area (Å²) >= 11 is 0. The maximum Gasteiger partial charge on any atom is 0.294 e. The molecule has 6 nitrogen and oxygen atoms in total. The maximum absolute atomic E-state index is 11.8. The van der Waals surface area contributed by atoms with Crippen LogP contribution in [0, 0.1) is 0 Å². The zero-order valence-corrected chi connectivity index (χ0v) is 9.45. The van der Waals surface area contributed by atoms with Crippen LogP contribution in [-0.2, 0) is 0 Å². The predicted octanol–water partition coefficient (Wildman–Crippen LogP) is -0.483. The van der Waals surface area contributed by atoms with Crippen LogP contribution in [0.15, 0.2) is 38.6 Å². The Morgan fingerprint density at radius 3 is 2.42 bits per heavy atom. The predicted molar refractivity (Wildman–Crippen MR) is 68.1 cm³/mol. The van der Waals surface area contributed by atoms with Gasteiger partial charge in [-0.05, 0) is 17.5 Å². The fourth-order valence-corrected chi connectivity index (χ4v) is 2.28. The van der Waals surface area contributed by atoms with Gasteiger partial charge in [0.15, 0.2) is 5.43 Å². The SMILES string of the molecule is O=c1cc2c(=O)n(O)c(=O)c3cccc(c3-2)/c1=C/O. The van der Waals surface area contributed by atoms with Crippen LogP contribution in [0.2, 0.25) is 0 Å². The van der Waals surface area contributed by atoms with E-state index in [1.807, 2.05) is 0 Å². The number of benzene rings is 2. The van der Waals surface area contributed by atoms with E-state index < -0.39 is 16.5 Å². The molecule has 2 N–H and O–H groups in total. The number of pyridine rings is 1. The van der Waals surface area contributed by atoms with Crippen LogP contribution < -0.4 is 21.8 Å². The molecule has 0 saturated heterocycles. The first-order valence-electron chi connectivity index (χ1n) is 5.38. The van der Waals surface area contributed by atoms with Gasteiger partial charge in [0, 0.05) is 5.56 Å². The van der Waals surface area contributed by atoms with Crippen LogP contribution >= 0.6 is 0 Å². The van der Waals surface area contributed by atoms with E-state index >= 15 is 0 Å². The number of aromatic nitrogens is 1. The van der Waals surface area contributed by atoms with Gasteiger partial charge >= 0.3 is 0 Å². The van der Waals surface area contributed by atoms with E-state index in [9.17, 15) is 19.6 Å². The van der Waals surface area contributed by atoms with Crippen molar-refractivity contribution in [3.63, 3.8) is 0 Å². The van der Waals surface area contributed by atoms with Gasteiger partial charge in [0.2, 0.25) is 0 Å². The van der Waals surface area contributed by atoms with E-state index in [1.165, 1.54) is 18.2 Å². The molecule has 0 atom stereocenters. The minimum absolute atomic E-state index is 0.00703. The van der Waals surface area contributed by atoms with E-state index in [0.717, 1.165) is 6.07 Å². The average molecular weight is 257 g/mol. The van der Waals surface area contributed by atoms with Crippen molar-refractivity contribution in [2.24, 2.45) is 0 Å². The highest BCUT2D eigenvalue weighted by atomic mass is 16.5. The molecule has 1 aromatic carbocycles. The molecule has 0 bridgehead atoms. The lowest BCUT2D eigenvalue weighted by molar-refractivity contribution is 0.167. The first-order chi connectivity index (χ1) is 9.06. The molecule has 6 heteroatoms. The summed E-state index contributed by atoms with van der Waals surface area (Å²) in [6, 6.07) is 5.48. The third kappa shape index (κ3) is 1.28. The Kier molecular flexibility index (Phi) is 2.10. The van der Waals surface area contributed by atoms with Crippen molar-refractivity contribution in [1.29, 1.82) is 0 Å². The number of nitrogens with zero attached hydrogens (tertiary/aromatic N) is 1. The summed E-state index contributed by atoms with van der Waals surface area (Å²) in [7, 11) is 0. The van der Waals surface area contributed by atoms with Crippen LogP contribution in [0.5, 0.6) is 0 Å². The van der Waals surface area contributed by atoms with Gasteiger partial charge in [-0.25, -0.2) is 0 Å². The summed E-state index contributed by atoms with van der Waals surface area (Å²) in [5, 5.41) is 19.0. The Morgan fingerprint density at radius 1 is 1.05 bits per heavy atom. The Morgan fingerprint density at radius 2 is 1.74 bits per heavy atom. The minimum Gasteiger partial charge on any atom is -0.515 e. The zero-order valence-electron chi connectivity index (χ0n) is 9.45. The lowest BCUT2D eigenvalue weighted by Gasteiger charge is -2.10. The van der Waals surface area contributed by atoms with E-state index in [2.05, 4.69) is 0 Å². The van der Waals surface area contributed by atoms with Gasteiger partial charge in [-0.2, -0.15) is 0 Å². The Balaban J connectivity index is 2.87. The molecule has 94 valence electrons. The molecule has 0 radical (unpaired) electrons. The van der Waals surface area contributed by atoms with Crippen LogP contribution in [0.1, 0.15) is 0 Å². The van der Waals surface area contributed by atoms with E-state index in [-0.39, 0.29) is 26.5 Å². The molecule has 0 spiro atoms. The van der Waals surface area contributed by atoms with Gasteiger partial charge in [-0.1, -0.05) is 12.1 Å². The summed E-state index contributed by atoms with van der Waals surface area (Å²) in [6.07, 6.45) is 0.644. The molecule has 1 aliphatic carbocycles. The molecule has 0 fully saturated rings. The molecule has 0 unspecified atom stereocenters. The molecule has 0 aromatic heterocycles. The van der Waals surface area contributed by atoms with Crippen molar-refractivity contribution in [3.05, 3.63) is 60.4 Å². The normalized spacial score (nSPS) is 12.5. The topological polar surface area (TPSA) is 96.6 Å². The maximum atomic E-state index is 11.8. The van der Waals surface area contributed by atoms with Crippen LogP contribution in [-0.4, -0.2) is 15.0 Å². The molecule has 0 amide bonds. The molecule has 1 heterocycles. The van der Waals surface area contributed by atoms with Crippen molar-refractivity contribution in [1.82, 2.24) is 4.73 Å². The fourth-order valence-electron chi connectivity index (χ4n) is 2.28. The van der Waals surface area contributed by atoms with E-state index in [1.54, 1.807) is 0 Å². The number of hydrogen-bond donors (Lipinski definition) is 2. The average Bonchev–Trinajstić information content (AvgIpc) is 2.42. The second-order valence-electron chi connectivity index (χ2n) is 4.12. The Labute approximate surface area is 104 Å². The van der Waals surface area contributed by atoms with Gasteiger partial charge in [-0.15, -0.1) is 4.73 Å². The largest absolute Gasteiger partial charge is 0.515 e. The fraction of sp³-hybridized carbons (Fsp3) is 0. The number of aliphatic hydroxyl groups is 1.